The van der Waals surface area contributed by atoms with Crippen molar-refractivity contribution in [3.8, 4) is 0 Å². The molecule has 0 saturated carbocycles. The number of amides is 2. The number of imide groups is 1. The molecule has 0 spiro atoms. The van der Waals surface area contributed by atoms with Crippen molar-refractivity contribution in [2.24, 2.45) is 5.41 Å². The zero-order valence-corrected chi connectivity index (χ0v) is 23.4. The van der Waals surface area contributed by atoms with Crippen molar-refractivity contribution < 1.29 is 51.6 Å². The van der Waals surface area contributed by atoms with Gasteiger partial charge in [0.15, 0.2) is 0 Å². The molecule has 0 aromatic heterocycles. The lowest BCUT2D eigenvalue weighted by Crippen LogP contribution is -2.41. The van der Waals surface area contributed by atoms with Crippen molar-refractivity contribution >= 4 is 47.5 Å². The Hall–Kier alpha value is -1.63. The van der Waals surface area contributed by atoms with Crippen LogP contribution in [0.5, 0.6) is 0 Å². The average Bonchev–Trinajstić information content (AvgIpc) is 3.01. The summed E-state index contributed by atoms with van der Waals surface area (Å²) < 4.78 is 30.7. The molecule has 0 radical (unpaired) electrons. The van der Waals surface area contributed by atoms with Crippen molar-refractivity contribution in [3.63, 3.8) is 0 Å². The second kappa shape index (κ2) is 12.6. The molecule has 2 amide bonds. The largest absolute Gasteiger partial charge is 0.756 e. The number of carbonyl (C=O) groups excluding carboxylic acids is 4. The highest BCUT2D eigenvalue weighted by Gasteiger charge is 2.42. The quantitative estimate of drug-likeness (QED) is 0.0674. The van der Waals surface area contributed by atoms with Crippen molar-refractivity contribution in [1.29, 1.82) is 0 Å². The average molecular weight is 585 g/mol. The summed E-state index contributed by atoms with van der Waals surface area (Å²) in [7, 11) is 1.12. The van der Waals surface area contributed by atoms with Crippen LogP contribution < -0.4 is 4.89 Å². The second-order valence-electron chi connectivity index (χ2n) is 9.82. The number of likely N-dealkylation sites (N-methyl/N-ethyl adjacent to an activating group) is 1. The third-order valence-corrected chi connectivity index (χ3v) is 6.38. The molecule has 1 aliphatic heterocycles. The predicted octanol–water partition coefficient (Wildman–Crippen LogP) is 0.776. The first kappa shape index (κ1) is 31.4. The van der Waals surface area contributed by atoms with Crippen LogP contribution in [0.3, 0.4) is 0 Å². The van der Waals surface area contributed by atoms with E-state index in [1.807, 2.05) is 21.1 Å². The highest BCUT2D eigenvalue weighted by Crippen LogP contribution is 2.38. The standard InChI is InChI=1S/C21H34BrN2O10P/c1-20(2,18(27)31-11-9-23-16(25)7-8-17(23)26)15-21(3,22)19(28)32-13-14-34-35(29,30)33-12-10-24(4,5)6/h7-8H,9-15H2,1-6H3. The summed E-state index contributed by atoms with van der Waals surface area (Å²) >= 11 is 3.26. The molecule has 0 N–H and O–H groups in total. The Kier molecular flexibility index (Phi) is 11.3. The maximum Gasteiger partial charge on any atom is 0.322 e. The Morgan fingerprint density at radius 2 is 1.49 bits per heavy atom. The monoisotopic (exact) mass is 584 g/mol. The Labute approximate surface area is 213 Å². The smallest absolute Gasteiger partial charge is 0.322 e. The Morgan fingerprint density at radius 1 is 0.971 bits per heavy atom. The molecule has 0 bridgehead atoms. The van der Waals surface area contributed by atoms with E-state index in [1.165, 1.54) is 6.92 Å². The van der Waals surface area contributed by atoms with E-state index in [2.05, 4.69) is 15.9 Å². The first-order valence-corrected chi connectivity index (χ1v) is 13.1. The molecule has 0 aromatic rings. The number of esters is 2. The third-order valence-electron chi connectivity index (χ3n) is 4.78. The molecule has 35 heavy (non-hydrogen) atoms. The molecule has 14 heteroatoms. The molecule has 12 nitrogen and oxygen atoms in total. The van der Waals surface area contributed by atoms with Gasteiger partial charge in [-0.2, -0.15) is 0 Å². The maximum atomic E-state index is 12.5. The molecule has 0 saturated heterocycles. The lowest BCUT2D eigenvalue weighted by atomic mass is 9.83. The van der Waals surface area contributed by atoms with Crippen LogP contribution in [-0.4, -0.2) is 98.1 Å². The number of carbonyl (C=O) groups is 4. The van der Waals surface area contributed by atoms with Gasteiger partial charge >= 0.3 is 11.9 Å². The number of rotatable bonds is 15. The van der Waals surface area contributed by atoms with Gasteiger partial charge in [-0.05, 0) is 27.2 Å². The minimum absolute atomic E-state index is 0.0180. The summed E-state index contributed by atoms with van der Waals surface area (Å²) in [5, 5.41) is 0. The lowest BCUT2D eigenvalue weighted by molar-refractivity contribution is -0.870. The highest BCUT2D eigenvalue weighted by atomic mass is 79.9. The van der Waals surface area contributed by atoms with Gasteiger partial charge in [-0.1, -0.05) is 15.9 Å². The van der Waals surface area contributed by atoms with E-state index in [4.69, 9.17) is 18.5 Å². The van der Waals surface area contributed by atoms with Gasteiger partial charge in [-0.3, -0.25) is 28.6 Å². The number of quaternary nitrogens is 1. The number of phosphoric acid groups is 1. The number of hydrogen-bond donors (Lipinski definition) is 0. The van der Waals surface area contributed by atoms with E-state index in [9.17, 15) is 28.6 Å². The van der Waals surface area contributed by atoms with E-state index in [0.29, 0.717) is 11.0 Å². The SMILES string of the molecule is CC(C)(CC(C)(Br)C(=O)OCCOP(=O)([O-])OCC[N+](C)(C)C)C(=O)OCCN1C(=O)C=CC1=O. The number of nitrogens with zero attached hydrogens (tertiary/aromatic N) is 2. The molecule has 1 rings (SSSR count). The Morgan fingerprint density at radius 3 is 2.03 bits per heavy atom. The van der Waals surface area contributed by atoms with E-state index < -0.39 is 47.9 Å². The fraction of sp³-hybridized carbons (Fsp3) is 0.714. The number of ether oxygens (including phenoxy) is 2. The molecule has 0 aromatic carbocycles. The zero-order valence-electron chi connectivity index (χ0n) is 20.9. The molecule has 1 heterocycles. The van der Waals surface area contributed by atoms with Gasteiger partial charge in [-0.15, -0.1) is 0 Å². The fourth-order valence-electron chi connectivity index (χ4n) is 2.95. The Balaban J connectivity index is 2.43. The van der Waals surface area contributed by atoms with E-state index >= 15 is 0 Å². The minimum Gasteiger partial charge on any atom is -0.756 e. The molecule has 1 aliphatic rings. The van der Waals surface area contributed by atoms with Crippen LogP contribution in [-0.2, 0) is 42.3 Å². The first-order valence-electron chi connectivity index (χ1n) is 10.8. The second-order valence-corrected chi connectivity index (χ2v) is 13.0. The first-order chi connectivity index (χ1) is 15.9. The van der Waals surface area contributed by atoms with Crippen LogP contribution in [0.25, 0.3) is 0 Å². The van der Waals surface area contributed by atoms with Gasteiger partial charge in [0.1, 0.15) is 30.7 Å². The summed E-state index contributed by atoms with van der Waals surface area (Å²) in [4.78, 5) is 60.8. The lowest BCUT2D eigenvalue weighted by Gasteiger charge is -2.30. The van der Waals surface area contributed by atoms with Crippen LogP contribution in [0.2, 0.25) is 0 Å². The van der Waals surface area contributed by atoms with Crippen LogP contribution in [0.4, 0.5) is 0 Å². The molecular weight excluding hydrogens is 551 g/mol. The molecule has 200 valence electrons. The molecule has 0 fully saturated rings. The number of phosphoric ester groups is 1. The van der Waals surface area contributed by atoms with Crippen molar-refractivity contribution in [3.05, 3.63) is 12.2 Å². The summed E-state index contributed by atoms with van der Waals surface area (Å²) in [5.41, 5.74) is -1.13. The number of alkyl halides is 1. The summed E-state index contributed by atoms with van der Waals surface area (Å²) in [5.74, 6) is -2.32. The highest BCUT2D eigenvalue weighted by molar-refractivity contribution is 9.10. The third kappa shape index (κ3) is 11.3. The van der Waals surface area contributed by atoms with E-state index in [-0.39, 0.29) is 32.8 Å². The van der Waals surface area contributed by atoms with Crippen LogP contribution in [0.1, 0.15) is 27.2 Å². The van der Waals surface area contributed by atoms with Gasteiger partial charge in [0.25, 0.3) is 19.6 Å². The van der Waals surface area contributed by atoms with Gasteiger partial charge in [0.2, 0.25) is 0 Å². The maximum absolute atomic E-state index is 12.5. The molecule has 0 aliphatic carbocycles. The summed E-state index contributed by atoms with van der Waals surface area (Å²) in [6.07, 6.45) is 2.25. The Bertz CT molecular complexity index is 864. The number of halogens is 1. The van der Waals surface area contributed by atoms with E-state index in [1.54, 1.807) is 13.8 Å². The topological polar surface area (TPSA) is 149 Å². The molecule has 2 unspecified atom stereocenters. The van der Waals surface area contributed by atoms with Crippen LogP contribution in [0, 0.1) is 5.41 Å². The fourth-order valence-corrected chi connectivity index (χ4v) is 4.44. The number of hydrogen-bond acceptors (Lipinski definition) is 10. The molecular formula is C21H34BrN2O10P. The van der Waals surface area contributed by atoms with Crippen molar-refractivity contribution in [1.82, 2.24) is 4.90 Å². The normalized spacial score (nSPS) is 17.8. The zero-order chi connectivity index (χ0) is 27.1. The van der Waals surface area contributed by atoms with Gasteiger partial charge < -0.3 is 27.9 Å². The summed E-state index contributed by atoms with van der Waals surface area (Å²) in [6, 6.07) is 0. The van der Waals surface area contributed by atoms with Crippen LogP contribution >= 0.6 is 23.8 Å². The van der Waals surface area contributed by atoms with Crippen LogP contribution in [0.15, 0.2) is 12.2 Å². The molecule has 2 atom stereocenters. The van der Waals surface area contributed by atoms with Crippen molar-refractivity contribution in [2.75, 3.05) is 60.7 Å². The van der Waals surface area contributed by atoms with Gasteiger partial charge in [0.05, 0.1) is 39.7 Å². The minimum atomic E-state index is -4.53. The van der Waals surface area contributed by atoms with Gasteiger partial charge in [-0.25, -0.2) is 0 Å². The van der Waals surface area contributed by atoms with Gasteiger partial charge in [0, 0.05) is 12.2 Å². The summed E-state index contributed by atoms with van der Waals surface area (Å²) in [6.45, 7) is 4.02. The van der Waals surface area contributed by atoms with Crippen molar-refractivity contribution in [2.45, 2.75) is 31.5 Å². The van der Waals surface area contributed by atoms with E-state index in [0.717, 1.165) is 17.1 Å². The predicted molar refractivity (Wildman–Crippen MR) is 126 cm³/mol.